The molecule has 0 aliphatic heterocycles. The molecule has 30 heavy (non-hydrogen) atoms. The molecule has 0 spiro atoms. The summed E-state index contributed by atoms with van der Waals surface area (Å²) in [6.07, 6.45) is 0. The van der Waals surface area contributed by atoms with E-state index in [9.17, 15) is 9.59 Å². The molecule has 2 aromatic rings. The van der Waals surface area contributed by atoms with Crippen LogP contribution in [0, 0.1) is 0 Å². The van der Waals surface area contributed by atoms with Crippen LogP contribution in [0.3, 0.4) is 0 Å². The second kappa shape index (κ2) is 10.9. The monoisotopic (exact) mass is 416 g/mol. The number of hydrogen-bond acceptors (Lipinski definition) is 6. The lowest BCUT2D eigenvalue weighted by molar-refractivity contribution is -0.120. The van der Waals surface area contributed by atoms with Gasteiger partial charge in [-0.3, -0.25) is 9.59 Å². The Balaban J connectivity index is 1.96. The predicted molar refractivity (Wildman–Crippen MR) is 113 cm³/mol. The molecule has 2 amide bonds. The van der Waals surface area contributed by atoms with Crippen molar-refractivity contribution in [3.8, 4) is 23.0 Å². The van der Waals surface area contributed by atoms with Gasteiger partial charge in [0.05, 0.1) is 40.5 Å². The van der Waals surface area contributed by atoms with Gasteiger partial charge in [-0.2, -0.15) is 0 Å². The Bertz CT molecular complexity index is 841. The molecule has 0 fully saturated rings. The summed E-state index contributed by atoms with van der Waals surface area (Å²) in [4.78, 5) is 24.7. The molecule has 2 N–H and O–H groups in total. The molecule has 0 bridgehead atoms. The van der Waals surface area contributed by atoms with Crippen molar-refractivity contribution in [2.45, 2.75) is 19.9 Å². The Morgan fingerprint density at radius 2 is 1.57 bits per heavy atom. The zero-order valence-electron chi connectivity index (χ0n) is 17.9. The second-order valence-corrected chi connectivity index (χ2v) is 6.39. The first kappa shape index (κ1) is 22.9. The number of rotatable bonds is 10. The highest BCUT2D eigenvalue weighted by Crippen LogP contribution is 2.38. The Labute approximate surface area is 176 Å². The van der Waals surface area contributed by atoms with Gasteiger partial charge < -0.3 is 29.6 Å². The minimum absolute atomic E-state index is 0.170. The molecule has 8 nitrogen and oxygen atoms in total. The molecule has 0 aliphatic carbocycles. The van der Waals surface area contributed by atoms with Crippen LogP contribution >= 0.6 is 0 Å². The molecule has 0 saturated carbocycles. The fourth-order valence-electron chi connectivity index (χ4n) is 2.87. The summed E-state index contributed by atoms with van der Waals surface area (Å²) in [5.41, 5.74) is 1.22. The van der Waals surface area contributed by atoms with Gasteiger partial charge in [0.15, 0.2) is 11.5 Å². The van der Waals surface area contributed by atoms with Gasteiger partial charge in [-0.1, -0.05) is 12.1 Å². The largest absolute Gasteiger partial charge is 0.494 e. The number of ether oxygens (including phenoxy) is 4. The molecule has 0 saturated heterocycles. The number of methoxy groups -OCH3 is 3. The minimum Gasteiger partial charge on any atom is -0.494 e. The quantitative estimate of drug-likeness (QED) is 0.618. The lowest BCUT2D eigenvalue weighted by Gasteiger charge is -2.16. The van der Waals surface area contributed by atoms with Gasteiger partial charge in [0.1, 0.15) is 5.75 Å². The molecule has 0 aromatic heterocycles. The van der Waals surface area contributed by atoms with Crippen molar-refractivity contribution in [1.82, 2.24) is 10.6 Å². The van der Waals surface area contributed by atoms with Crippen molar-refractivity contribution in [3.05, 3.63) is 47.5 Å². The molecule has 1 atom stereocenters. The molecule has 0 aliphatic rings. The summed E-state index contributed by atoms with van der Waals surface area (Å²) in [5, 5.41) is 5.45. The van der Waals surface area contributed by atoms with E-state index in [2.05, 4.69) is 10.6 Å². The van der Waals surface area contributed by atoms with E-state index in [4.69, 9.17) is 18.9 Å². The predicted octanol–water partition coefficient (Wildman–Crippen LogP) is 2.72. The molecular weight excluding hydrogens is 388 g/mol. The van der Waals surface area contributed by atoms with Crippen LogP contribution < -0.4 is 29.6 Å². The van der Waals surface area contributed by atoms with Crippen LogP contribution in [0.15, 0.2) is 36.4 Å². The van der Waals surface area contributed by atoms with Crippen molar-refractivity contribution in [1.29, 1.82) is 0 Å². The molecule has 162 valence electrons. The molecule has 0 radical (unpaired) electrons. The van der Waals surface area contributed by atoms with E-state index in [1.807, 2.05) is 38.1 Å². The Morgan fingerprint density at radius 1 is 0.967 bits per heavy atom. The van der Waals surface area contributed by atoms with Crippen LogP contribution in [-0.2, 0) is 4.79 Å². The first-order chi connectivity index (χ1) is 14.4. The maximum atomic E-state index is 12.5. The average Bonchev–Trinajstić information content (AvgIpc) is 2.76. The lowest BCUT2D eigenvalue weighted by atomic mass is 10.1. The van der Waals surface area contributed by atoms with Crippen molar-refractivity contribution in [2.24, 2.45) is 0 Å². The van der Waals surface area contributed by atoms with Gasteiger partial charge in [-0.25, -0.2) is 0 Å². The number of benzene rings is 2. The number of amides is 2. The summed E-state index contributed by atoms with van der Waals surface area (Å²) >= 11 is 0. The topological polar surface area (TPSA) is 95.1 Å². The van der Waals surface area contributed by atoms with E-state index in [1.165, 1.54) is 33.5 Å². The maximum absolute atomic E-state index is 12.5. The van der Waals surface area contributed by atoms with Crippen LogP contribution in [0.4, 0.5) is 0 Å². The SMILES string of the molecule is CCOc1ccc(C(C)NC(=O)CNC(=O)c2cc(OC)c(OC)c(OC)c2)cc1. The van der Waals surface area contributed by atoms with Gasteiger partial charge in [0, 0.05) is 5.56 Å². The van der Waals surface area contributed by atoms with E-state index < -0.39 is 5.91 Å². The Hall–Kier alpha value is -3.42. The van der Waals surface area contributed by atoms with Crippen LogP contribution in [0.5, 0.6) is 23.0 Å². The lowest BCUT2D eigenvalue weighted by Crippen LogP contribution is -2.38. The molecule has 1 unspecified atom stereocenters. The zero-order chi connectivity index (χ0) is 22.1. The van der Waals surface area contributed by atoms with Crippen molar-refractivity contribution < 1.29 is 28.5 Å². The first-order valence-electron chi connectivity index (χ1n) is 9.53. The van der Waals surface area contributed by atoms with Crippen molar-refractivity contribution >= 4 is 11.8 Å². The van der Waals surface area contributed by atoms with Crippen molar-refractivity contribution in [2.75, 3.05) is 34.5 Å². The minimum atomic E-state index is -0.432. The van der Waals surface area contributed by atoms with Crippen LogP contribution in [0.1, 0.15) is 35.8 Å². The standard InChI is InChI=1S/C22H28N2O6/c1-6-30-17-9-7-15(8-10-17)14(2)24-20(25)13-23-22(26)16-11-18(27-3)21(29-5)19(12-16)28-4/h7-12,14H,6,13H2,1-5H3,(H,23,26)(H,24,25). The van der Waals surface area contributed by atoms with E-state index >= 15 is 0 Å². The third-order valence-corrected chi connectivity index (χ3v) is 4.41. The van der Waals surface area contributed by atoms with Crippen LogP contribution in [0.25, 0.3) is 0 Å². The van der Waals surface area contributed by atoms with Crippen LogP contribution in [0.2, 0.25) is 0 Å². The Morgan fingerprint density at radius 3 is 2.07 bits per heavy atom. The molecule has 2 aromatic carbocycles. The second-order valence-electron chi connectivity index (χ2n) is 6.39. The van der Waals surface area contributed by atoms with Crippen molar-refractivity contribution in [3.63, 3.8) is 0 Å². The first-order valence-corrected chi connectivity index (χ1v) is 9.53. The van der Waals surface area contributed by atoms with E-state index in [0.717, 1.165) is 11.3 Å². The van der Waals surface area contributed by atoms with E-state index in [-0.39, 0.29) is 24.1 Å². The summed E-state index contributed by atoms with van der Waals surface area (Å²) in [5.74, 6) is 1.14. The van der Waals surface area contributed by atoms with Gasteiger partial charge >= 0.3 is 0 Å². The fourth-order valence-corrected chi connectivity index (χ4v) is 2.87. The molecule has 8 heteroatoms. The summed E-state index contributed by atoms with van der Waals surface area (Å²) in [7, 11) is 4.42. The molecular formula is C22H28N2O6. The van der Waals surface area contributed by atoms with E-state index in [1.54, 1.807) is 0 Å². The highest BCUT2D eigenvalue weighted by atomic mass is 16.5. The normalized spacial score (nSPS) is 11.2. The smallest absolute Gasteiger partial charge is 0.251 e. The average molecular weight is 416 g/mol. The van der Waals surface area contributed by atoms with Gasteiger partial charge in [-0.15, -0.1) is 0 Å². The summed E-state index contributed by atoms with van der Waals surface area (Å²) in [6, 6.07) is 10.3. The summed E-state index contributed by atoms with van der Waals surface area (Å²) in [6.45, 7) is 4.21. The van der Waals surface area contributed by atoms with Crippen LogP contribution in [-0.4, -0.2) is 46.3 Å². The maximum Gasteiger partial charge on any atom is 0.251 e. The van der Waals surface area contributed by atoms with Gasteiger partial charge in [-0.05, 0) is 43.7 Å². The number of carbonyl (C=O) groups is 2. The Kier molecular flexibility index (Phi) is 8.34. The number of nitrogens with one attached hydrogen (secondary N) is 2. The highest BCUT2D eigenvalue weighted by molar-refractivity contribution is 5.97. The third-order valence-electron chi connectivity index (χ3n) is 4.41. The fraction of sp³-hybridized carbons (Fsp3) is 0.364. The van der Waals surface area contributed by atoms with Gasteiger partial charge in [0.25, 0.3) is 5.91 Å². The van der Waals surface area contributed by atoms with Gasteiger partial charge in [0.2, 0.25) is 11.7 Å². The molecule has 0 heterocycles. The third kappa shape index (κ3) is 5.79. The molecule has 2 rings (SSSR count). The number of carbonyl (C=O) groups excluding carboxylic acids is 2. The zero-order valence-corrected chi connectivity index (χ0v) is 17.9. The van der Waals surface area contributed by atoms with E-state index in [0.29, 0.717) is 23.9 Å². The highest BCUT2D eigenvalue weighted by Gasteiger charge is 2.18. The number of hydrogen-bond donors (Lipinski definition) is 2. The summed E-state index contributed by atoms with van der Waals surface area (Å²) < 4.78 is 21.2.